The number of hydrogen-bond acceptors (Lipinski definition) is 3. The number of unbranched alkanes of at least 4 members (excludes halogenated alkanes) is 1. The largest absolute Gasteiger partial charge is 0.465 e. The third-order valence-electron chi connectivity index (χ3n) is 4.06. The molecule has 0 saturated carbocycles. The van der Waals surface area contributed by atoms with Crippen molar-refractivity contribution in [1.82, 2.24) is 0 Å². The third-order valence-corrected chi connectivity index (χ3v) is 4.06. The lowest BCUT2D eigenvalue weighted by Gasteiger charge is -2.12. The van der Waals surface area contributed by atoms with Gasteiger partial charge in [-0.2, -0.15) is 0 Å². The van der Waals surface area contributed by atoms with Crippen molar-refractivity contribution in [2.24, 2.45) is 11.8 Å². The average Bonchev–Trinajstić information content (AvgIpc) is 2.96. The van der Waals surface area contributed by atoms with Crippen molar-refractivity contribution in [3.8, 4) is 5.95 Å². The maximum absolute atomic E-state index is 11.1. The van der Waals surface area contributed by atoms with Crippen molar-refractivity contribution in [1.29, 1.82) is 0 Å². The summed E-state index contributed by atoms with van der Waals surface area (Å²) >= 11 is 0. The second-order valence-corrected chi connectivity index (χ2v) is 6.54. The molecule has 0 aromatic carbocycles. The van der Waals surface area contributed by atoms with E-state index in [1.165, 1.54) is 39.0 Å². The zero-order valence-corrected chi connectivity index (χ0v) is 15.1. The molecule has 23 heavy (non-hydrogen) atoms. The van der Waals surface area contributed by atoms with Crippen LogP contribution in [0.15, 0.2) is 28.7 Å². The van der Waals surface area contributed by atoms with Gasteiger partial charge in [0.25, 0.3) is 5.95 Å². The van der Waals surface area contributed by atoms with Crippen molar-refractivity contribution >= 4 is 5.78 Å². The van der Waals surface area contributed by atoms with E-state index in [-0.39, 0.29) is 5.78 Å². The second kappa shape index (κ2) is 11.1. The van der Waals surface area contributed by atoms with Crippen LogP contribution in [0, 0.1) is 11.8 Å². The molecule has 0 spiro atoms. The van der Waals surface area contributed by atoms with E-state index < -0.39 is 0 Å². The smallest absolute Gasteiger partial charge is 0.284 e. The minimum atomic E-state index is -0.0738. The molecule has 0 N–H and O–H groups in total. The molecule has 2 atom stereocenters. The van der Waals surface area contributed by atoms with Crippen LogP contribution in [0.25, 0.3) is 0 Å². The number of rotatable bonds is 12. The molecule has 2 unspecified atom stereocenters. The average molecular weight is 320 g/mol. The van der Waals surface area contributed by atoms with Gasteiger partial charge in [0.2, 0.25) is 0 Å². The van der Waals surface area contributed by atoms with E-state index in [2.05, 4.69) is 32.9 Å². The molecular formula is C20H32O3. The topological polar surface area (TPSA) is 39.4 Å². The molecule has 130 valence electrons. The Kier molecular flexibility index (Phi) is 9.42. The summed E-state index contributed by atoms with van der Waals surface area (Å²) in [5.41, 5.74) is 0. The molecule has 0 aliphatic rings. The molecule has 1 aromatic rings. The molecule has 1 rings (SSSR count). The fourth-order valence-electron chi connectivity index (χ4n) is 2.47. The SMILES string of the molecule is CCCC=CC(C)CCCC(C)CCOc1ccc(C(C)=O)o1. The fraction of sp³-hybridized carbons (Fsp3) is 0.650. The molecule has 3 heteroatoms. The highest BCUT2D eigenvalue weighted by atomic mass is 16.6. The Morgan fingerprint density at radius 1 is 1.26 bits per heavy atom. The van der Waals surface area contributed by atoms with Crippen molar-refractivity contribution < 1.29 is 13.9 Å². The summed E-state index contributed by atoms with van der Waals surface area (Å²) in [6, 6.07) is 3.38. The number of carbonyl (C=O) groups is 1. The van der Waals surface area contributed by atoms with E-state index in [1.807, 2.05) is 0 Å². The fourth-order valence-corrected chi connectivity index (χ4v) is 2.47. The first kappa shape index (κ1) is 19.5. The van der Waals surface area contributed by atoms with E-state index in [0.29, 0.717) is 30.1 Å². The highest BCUT2D eigenvalue weighted by molar-refractivity contribution is 5.91. The van der Waals surface area contributed by atoms with Crippen LogP contribution in [0.2, 0.25) is 0 Å². The van der Waals surface area contributed by atoms with E-state index >= 15 is 0 Å². The van der Waals surface area contributed by atoms with Crippen molar-refractivity contribution in [3.05, 3.63) is 30.0 Å². The molecule has 3 nitrogen and oxygen atoms in total. The first-order chi connectivity index (χ1) is 11.0. The Balaban J connectivity index is 2.12. The van der Waals surface area contributed by atoms with Crippen LogP contribution in [0.3, 0.4) is 0 Å². The lowest BCUT2D eigenvalue weighted by Crippen LogP contribution is -2.04. The van der Waals surface area contributed by atoms with Gasteiger partial charge in [-0.3, -0.25) is 4.79 Å². The van der Waals surface area contributed by atoms with Crippen LogP contribution in [-0.4, -0.2) is 12.4 Å². The van der Waals surface area contributed by atoms with Crippen LogP contribution in [0.5, 0.6) is 5.95 Å². The second-order valence-electron chi connectivity index (χ2n) is 6.54. The predicted octanol–water partition coefficient (Wildman–Crippen LogP) is 6.05. The molecule has 0 aliphatic carbocycles. The quantitative estimate of drug-likeness (QED) is 0.347. The summed E-state index contributed by atoms with van der Waals surface area (Å²) in [7, 11) is 0. The van der Waals surface area contributed by atoms with Gasteiger partial charge in [0.15, 0.2) is 11.5 Å². The molecule has 0 amide bonds. The Morgan fingerprint density at radius 2 is 2.04 bits per heavy atom. The molecule has 0 bridgehead atoms. The van der Waals surface area contributed by atoms with Gasteiger partial charge in [0.05, 0.1) is 6.61 Å². The minimum absolute atomic E-state index is 0.0738. The summed E-state index contributed by atoms with van der Waals surface area (Å²) in [5, 5.41) is 0. The van der Waals surface area contributed by atoms with Gasteiger partial charge in [-0.15, -0.1) is 0 Å². The summed E-state index contributed by atoms with van der Waals surface area (Å²) < 4.78 is 10.9. The number of carbonyl (C=O) groups excluding carboxylic acids is 1. The first-order valence-electron chi connectivity index (χ1n) is 8.93. The van der Waals surface area contributed by atoms with Gasteiger partial charge >= 0.3 is 0 Å². The van der Waals surface area contributed by atoms with E-state index in [1.54, 1.807) is 12.1 Å². The molecule has 0 saturated heterocycles. The van der Waals surface area contributed by atoms with Gasteiger partial charge in [-0.05, 0) is 37.2 Å². The number of hydrogen-bond donors (Lipinski definition) is 0. The van der Waals surface area contributed by atoms with Crippen molar-refractivity contribution in [2.75, 3.05) is 6.61 Å². The van der Waals surface area contributed by atoms with Gasteiger partial charge in [-0.25, -0.2) is 0 Å². The summed E-state index contributed by atoms with van der Waals surface area (Å²) in [6.45, 7) is 8.90. The number of Topliss-reactive ketones (excluding diaryl/α,β-unsaturated/α-hetero) is 1. The highest BCUT2D eigenvalue weighted by Crippen LogP contribution is 2.19. The standard InChI is InChI=1S/C20H32O3/c1-5-6-7-9-16(2)10-8-11-17(3)14-15-22-20-13-12-19(23-20)18(4)21/h7,9,12-13,16-17H,5-6,8,10-11,14-15H2,1-4H3. The zero-order valence-electron chi connectivity index (χ0n) is 15.1. The summed E-state index contributed by atoms with van der Waals surface area (Å²) in [5.74, 6) is 2.05. The van der Waals surface area contributed by atoms with Gasteiger partial charge < -0.3 is 9.15 Å². The van der Waals surface area contributed by atoms with E-state index in [0.717, 1.165) is 6.42 Å². The third kappa shape index (κ3) is 8.63. The van der Waals surface area contributed by atoms with Gasteiger partial charge in [0, 0.05) is 13.0 Å². The zero-order chi connectivity index (χ0) is 17.1. The Morgan fingerprint density at radius 3 is 2.70 bits per heavy atom. The predicted molar refractivity (Wildman–Crippen MR) is 95.1 cm³/mol. The van der Waals surface area contributed by atoms with Gasteiger partial charge in [-0.1, -0.05) is 52.2 Å². The first-order valence-corrected chi connectivity index (χ1v) is 8.93. The maximum atomic E-state index is 11.1. The number of ether oxygens (including phenoxy) is 1. The van der Waals surface area contributed by atoms with Crippen LogP contribution < -0.4 is 4.74 Å². The Bertz CT molecular complexity index is 473. The lowest BCUT2D eigenvalue weighted by atomic mass is 9.96. The Hall–Kier alpha value is -1.51. The highest BCUT2D eigenvalue weighted by Gasteiger charge is 2.08. The normalized spacial score (nSPS) is 14.1. The molecule has 1 heterocycles. The molecular weight excluding hydrogens is 288 g/mol. The van der Waals surface area contributed by atoms with Crippen molar-refractivity contribution in [3.63, 3.8) is 0 Å². The summed E-state index contributed by atoms with van der Waals surface area (Å²) in [4.78, 5) is 11.1. The molecule has 1 aromatic heterocycles. The van der Waals surface area contributed by atoms with Crippen LogP contribution in [0.1, 0.15) is 76.8 Å². The van der Waals surface area contributed by atoms with Crippen LogP contribution in [-0.2, 0) is 0 Å². The summed E-state index contributed by atoms with van der Waals surface area (Å²) in [6.07, 6.45) is 11.8. The molecule has 0 aliphatic heterocycles. The van der Waals surface area contributed by atoms with E-state index in [9.17, 15) is 4.79 Å². The maximum Gasteiger partial charge on any atom is 0.284 e. The van der Waals surface area contributed by atoms with E-state index in [4.69, 9.17) is 9.15 Å². The van der Waals surface area contributed by atoms with Gasteiger partial charge in [0.1, 0.15) is 0 Å². The lowest BCUT2D eigenvalue weighted by molar-refractivity contribution is 0.0977. The monoisotopic (exact) mass is 320 g/mol. The molecule has 0 fully saturated rings. The number of allylic oxidation sites excluding steroid dienone is 2. The van der Waals surface area contributed by atoms with Crippen molar-refractivity contribution in [2.45, 2.75) is 66.2 Å². The molecule has 0 radical (unpaired) electrons. The number of ketones is 1. The minimum Gasteiger partial charge on any atom is -0.465 e. The number of furan rings is 1. The van der Waals surface area contributed by atoms with Crippen LogP contribution >= 0.6 is 0 Å². The van der Waals surface area contributed by atoms with Crippen LogP contribution in [0.4, 0.5) is 0 Å². The Labute approximate surface area is 141 Å².